The zero-order valence-corrected chi connectivity index (χ0v) is 16.2. The zero-order chi connectivity index (χ0) is 19.8. The van der Waals surface area contributed by atoms with Crippen LogP contribution in [0.3, 0.4) is 0 Å². The van der Waals surface area contributed by atoms with E-state index in [2.05, 4.69) is 5.32 Å². The number of rotatable bonds is 7. The summed E-state index contributed by atoms with van der Waals surface area (Å²) >= 11 is 5.91. The number of amides is 1. The molecule has 140 valence electrons. The highest BCUT2D eigenvalue weighted by atomic mass is 35.5. The van der Waals surface area contributed by atoms with Gasteiger partial charge in [0.2, 0.25) is 0 Å². The molecule has 0 bridgehead atoms. The third kappa shape index (κ3) is 6.05. The van der Waals surface area contributed by atoms with Crippen LogP contribution >= 0.6 is 11.6 Å². The highest BCUT2D eigenvalue weighted by molar-refractivity contribution is 6.31. The second-order valence-corrected chi connectivity index (χ2v) is 6.38. The lowest BCUT2D eigenvalue weighted by Gasteiger charge is -2.15. The Morgan fingerprint density at radius 3 is 2.67 bits per heavy atom. The van der Waals surface area contributed by atoms with Crippen molar-refractivity contribution in [3.05, 3.63) is 58.6 Å². The number of nitrogens with zero attached hydrogens (tertiary/aromatic N) is 1. The van der Waals surface area contributed by atoms with E-state index in [-0.39, 0.29) is 11.7 Å². The summed E-state index contributed by atoms with van der Waals surface area (Å²) in [4.78, 5) is 12.4. The number of hydrogen-bond donors (Lipinski definition) is 1. The fraction of sp³-hybridized carbons (Fsp3) is 0.238. The SMILES string of the molecule is CCOc1cc(/C=C(\C#N)C(=O)Nc2cccc(Cl)c2)ccc1OC(C)C. The largest absolute Gasteiger partial charge is 0.490 e. The summed E-state index contributed by atoms with van der Waals surface area (Å²) in [5.74, 6) is 0.665. The van der Waals surface area contributed by atoms with Gasteiger partial charge in [-0.2, -0.15) is 5.26 Å². The maximum absolute atomic E-state index is 12.4. The Kier molecular flexibility index (Phi) is 7.27. The first kappa shape index (κ1) is 20.3. The molecule has 0 heterocycles. The minimum atomic E-state index is -0.514. The molecule has 0 spiro atoms. The van der Waals surface area contributed by atoms with Crippen LogP contribution in [-0.4, -0.2) is 18.6 Å². The maximum atomic E-state index is 12.4. The number of halogens is 1. The van der Waals surface area contributed by atoms with E-state index >= 15 is 0 Å². The molecule has 0 aromatic heterocycles. The molecular weight excluding hydrogens is 364 g/mol. The zero-order valence-electron chi connectivity index (χ0n) is 15.5. The Bertz CT molecular complexity index is 885. The van der Waals surface area contributed by atoms with Crippen molar-refractivity contribution in [2.75, 3.05) is 11.9 Å². The average molecular weight is 385 g/mol. The highest BCUT2D eigenvalue weighted by Gasteiger charge is 2.12. The van der Waals surface area contributed by atoms with E-state index in [4.69, 9.17) is 21.1 Å². The fourth-order valence-electron chi connectivity index (χ4n) is 2.31. The molecule has 0 saturated heterocycles. The summed E-state index contributed by atoms with van der Waals surface area (Å²) in [5.41, 5.74) is 1.15. The summed E-state index contributed by atoms with van der Waals surface area (Å²) < 4.78 is 11.3. The van der Waals surface area contributed by atoms with Crippen LogP contribution in [-0.2, 0) is 4.79 Å². The topological polar surface area (TPSA) is 71.3 Å². The fourth-order valence-corrected chi connectivity index (χ4v) is 2.50. The normalized spacial score (nSPS) is 11.0. The third-order valence-electron chi connectivity index (χ3n) is 3.39. The van der Waals surface area contributed by atoms with Crippen molar-refractivity contribution in [1.29, 1.82) is 5.26 Å². The Labute approximate surface area is 164 Å². The van der Waals surface area contributed by atoms with Crippen LogP contribution in [0.5, 0.6) is 11.5 Å². The van der Waals surface area contributed by atoms with Crippen molar-refractivity contribution in [1.82, 2.24) is 0 Å². The Morgan fingerprint density at radius 2 is 2.04 bits per heavy atom. The van der Waals surface area contributed by atoms with Crippen LogP contribution in [0.15, 0.2) is 48.0 Å². The minimum absolute atomic E-state index is 0.00346. The molecule has 0 aliphatic heterocycles. The number of benzene rings is 2. The smallest absolute Gasteiger partial charge is 0.266 e. The van der Waals surface area contributed by atoms with Crippen LogP contribution in [0, 0.1) is 11.3 Å². The first-order valence-electron chi connectivity index (χ1n) is 8.55. The maximum Gasteiger partial charge on any atom is 0.266 e. The number of nitrogens with one attached hydrogen (secondary N) is 1. The van der Waals surface area contributed by atoms with Gasteiger partial charge in [0.1, 0.15) is 11.6 Å². The van der Waals surface area contributed by atoms with Gasteiger partial charge in [-0.1, -0.05) is 23.7 Å². The van der Waals surface area contributed by atoms with Crippen LogP contribution < -0.4 is 14.8 Å². The number of ether oxygens (including phenoxy) is 2. The van der Waals surface area contributed by atoms with Crippen molar-refractivity contribution in [3.8, 4) is 17.6 Å². The van der Waals surface area contributed by atoms with E-state index in [0.29, 0.717) is 34.4 Å². The summed E-state index contributed by atoms with van der Waals surface area (Å²) in [6, 6.07) is 13.9. The molecule has 0 atom stereocenters. The Hall–Kier alpha value is -2.97. The van der Waals surface area contributed by atoms with Gasteiger partial charge in [-0.3, -0.25) is 4.79 Å². The number of nitriles is 1. The Balaban J connectivity index is 2.26. The van der Waals surface area contributed by atoms with Crippen molar-refractivity contribution >= 4 is 29.3 Å². The second-order valence-electron chi connectivity index (χ2n) is 5.94. The first-order valence-corrected chi connectivity index (χ1v) is 8.93. The summed E-state index contributed by atoms with van der Waals surface area (Å²) in [6.07, 6.45) is 1.51. The van der Waals surface area contributed by atoms with Crippen LogP contribution in [0.25, 0.3) is 6.08 Å². The van der Waals surface area contributed by atoms with Crippen LogP contribution in [0.4, 0.5) is 5.69 Å². The van der Waals surface area contributed by atoms with E-state index in [1.54, 1.807) is 42.5 Å². The van der Waals surface area contributed by atoms with Gasteiger partial charge in [-0.15, -0.1) is 0 Å². The van der Waals surface area contributed by atoms with E-state index in [9.17, 15) is 10.1 Å². The number of carbonyl (C=O) groups excluding carboxylic acids is 1. The van der Waals surface area contributed by atoms with E-state index in [0.717, 1.165) is 0 Å². The standard InChI is InChI=1S/C21H21ClN2O3/c1-4-26-20-11-15(8-9-19(20)27-14(2)3)10-16(13-23)21(25)24-18-7-5-6-17(22)12-18/h5-12,14H,4H2,1-3H3,(H,24,25)/b16-10+. The molecule has 1 amide bonds. The van der Waals surface area contributed by atoms with Crippen molar-refractivity contribution in [2.45, 2.75) is 26.9 Å². The van der Waals surface area contributed by atoms with Crippen molar-refractivity contribution in [2.24, 2.45) is 0 Å². The molecule has 6 heteroatoms. The molecule has 0 aliphatic rings. The van der Waals surface area contributed by atoms with E-state index < -0.39 is 5.91 Å². The van der Waals surface area contributed by atoms with Crippen molar-refractivity contribution in [3.63, 3.8) is 0 Å². The van der Waals surface area contributed by atoms with Gasteiger partial charge in [-0.25, -0.2) is 0 Å². The molecule has 0 unspecified atom stereocenters. The molecule has 0 saturated carbocycles. The van der Waals surface area contributed by atoms with Crippen molar-refractivity contribution < 1.29 is 14.3 Å². The Morgan fingerprint density at radius 1 is 1.26 bits per heavy atom. The second kappa shape index (κ2) is 9.65. The predicted molar refractivity (Wildman–Crippen MR) is 107 cm³/mol. The molecule has 2 aromatic carbocycles. The lowest BCUT2D eigenvalue weighted by molar-refractivity contribution is -0.112. The molecule has 0 aliphatic carbocycles. The number of hydrogen-bond acceptors (Lipinski definition) is 4. The molecule has 27 heavy (non-hydrogen) atoms. The third-order valence-corrected chi connectivity index (χ3v) is 3.62. The lowest BCUT2D eigenvalue weighted by atomic mass is 10.1. The molecule has 0 fully saturated rings. The van der Waals surface area contributed by atoms with Gasteiger partial charge in [0, 0.05) is 10.7 Å². The molecule has 5 nitrogen and oxygen atoms in total. The van der Waals surface area contributed by atoms with Gasteiger partial charge in [0.15, 0.2) is 11.5 Å². The summed E-state index contributed by atoms with van der Waals surface area (Å²) in [5, 5.41) is 12.5. The molecule has 2 aromatic rings. The van der Waals surface area contributed by atoms with Gasteiger partial charge in [0.25, 0.3) is 5.91 Å². The first-order chi connectivity index (χ1) is 12.9. The summed E-state index contributed by atoms with van der Waals surface area (Å²) in [7, 11) is 0. The van der Waals surface area contributed by atoms with Gasteiger partial charge < -0.3 is 14.8 Å². The quantitative estimate of drug-likeness (QED) is 0.534. The molecule has 2 rings (SSSR count). The van der Waals surface area contributed by atoms with Gasteiger partial charge in [0.05, 0.1) is 12.7 Å². The van der Waals surface area contributed by atoms with E-state index in [1.165, 1.54) is 6.08 Å². The summed E-state index contributed by atoms with van der Waals surface area (Å²) in [6.45, 7) is 6.21. The van der Waals surface area contributed by atoms with E-state index in [1.807, 2.05) is 26.8 Å². The molecular formula is C21H21ClN2O3. The van der Waals surface area contributed by atoms with Gasteiger partial charge in [-0.05, 0) is 62.7 Å². The highest BCUT2D eigenvalue weighted by Crippen LogP contribution is 2.30. The van der Waals surface area contributed by atoms with Crippen LogP contribution in [0.2, 0.25) is 5.02 Å². The molecule has 1 N–H and O–H groups in total. The van der Waals surface area contributed by atoms with Gasteiger partial charge >= 0.3 is 0 Å². The minimum Gasteiger partial charge on any atom is -0.490 e. The number of anilines is 1. The average Bonchev–Trinajstić information content (AvgIpc) is 2.61. The number of carbonyl (C=O) groups is 1. The molecule has 0 radical (unpaired) electrons. The van der Waals surface area contributed by atoms with Crippen LogP contribution in [0.1, 0.15) is 26.3 Å². The predicted octanol–water partition coefficient (Wildman–Crippen LogP) is 5.07. The lowest BCUT2D eigenvalue weighted by Crippen LogP contribution is -2.13. The monoisotopic (exact) mass is 384 g/mol.